The van der Waals surface area contributed by atoms with E-state index in [2.05, 4.69) is 64.3 Å². The van der Waals surface area contributed by atoms with Gasteiger partial charge in [0.25, 0.3) is 8.53 Å². The third-order valence-corrected chi connectivity index (χ3v) is 10.5. The van der Waals surface area contributed by atoms with Crippen LogP contribution in [0.1, 0.15) is 57.7 Å². The minimum absolute atomic E-state index is 0. The third-order valence-electron chi connectivity index (χ3n) is 8.36. The summed E-state index contributed by atoms with van der Waals surface area (Å²) in [6.07, 6.45) is 5.07. The molecule has 0 amide bonds. The van der Waals surface area contributed by atoms with Crippen LogP contribution in [-0.2, 0) is 56.8 Å². The van der Waals surface area contributed by atoms with E-state index in [0.717, 1.165) is 28.2 Å². The molecule has 1 heterocycles. The molecule has 0 N–H and O–H groups in total. The molecule has 0 aliphatic carbocycles. The minimum atomic E-state index is -1.43. The van der Waals surface area contributed by atoms with E-state index in [1.165, 1.54) is 0 Å². The van der Waals surface area contributed by atoms with Gasteiger partial charge in [0.15, 0.2) is 0 Å². The second-order valence-electron chi connectivity index (χ2n) is 12.1. The van der Waals surface area contributed by atoms with Gasteiger partial charge in [0.05, 0.1) is 33.5 Å². The van der Waals surface area contributed by atoms with Crippen LogP contribution in [0.4, 0.5) is 0 Å². The Bertz CT molecular complexity index is 1330. The van der Waals surface area contributed by atoms with Crippen LogP contribution in [0.15, 0.2) is 78.9 Å². The minimum Gasteiger partial charge on any atom is -0.497 e. The predicted octanol–water partition coefficient (Wildman–Crippen LogP) is 8.02. The van der Waals surface area contributed by atoms with Crippen molar-refractivity contribution in [2.75, 3.05) is 27.4 Å². The Morgan fingerprint density at radius 1 is 0.872 bits per heavy atom. The van der Waals surface area contributed by atoms with Crippen LogP contribution in [0.5, 0.6) is 11.5 Å². The van der Waals surface area contributed by atoms with Crippen molar-refractivity contribution in [3.8, 4) is 23.8 Å². The van der Waals surface area contributed by atoms with Crippen molar-refractivity contribution in [1.29, 1.82) is 0 Å². The van der Waals surface area contributed by atoms with E-state index in [0.29, 0.717) is 13.0 Å². The van der Waals surface area contributed by atoms with Gasteiger partial charge in [0.1, 0.15) is 23.2 Å². The number of nitrogens with zero attached hydrogens (tertiary/aromatic N) is 1. The maximum Gasteiger partial charge on any atom is 0.259 e. The van der Waals surface area contributed by atoms with E-state index >= 15 is 0 Å². The Kier molecular flexibility index (Phi) is 15.8. The molecule has 1 saturated heterocycles. The fourth-order valence-electron chi connectivity index (χ4n) is 5.97. The van der Waals surface area contributed by atoms with Crippen LogP contribution < -0.4 is 9.47 Å². The van der Waals surface area contributed by atoms with Gasteiger partial charge in [0, 0.05) is 51.2 Å². The van der Waals surface area contributed by atoms with Crippen molar-refractivity contribution >= 4 is 8.53 Å². The van der Waals surface area contributed by atoms with E-state index < -0.39 is 20.2 Å². The largest absolute Gasteiger partial charge is 0.497 e. The molecule has 0 saturated carbocycles. The normalized spacial score (nSPS) is 20.2. The summed E-state index contributed by atoms with van der Waals surface area (Å²) in [5, 5.41) is 0. The molecule has 5 unspecified atom stereocenters. The molecule has 4 rings (SSSR count). The first-order valence-electron chi connectivity index (χ1n) is 15.9. The van der Waals surface area contributed by atoms with Crippen LogP contribution in [0.25, 0.3) is 0 Å². The fourth-order valence-corrected chi connectivity index (χ4v) is 7.81. The first kappa shape index (κ1) is 39.6. The first-order chi connectivity index (χ1) is 22.2. The maximum atomic E-state index is 7.19. The summed E-state index contributed by atoms with van der Waals surface area (Å²) in [7, 11) is 1.90. The zero-order chi connectivity index (χ0) is 33.3. The molecule has 3 aromatic carbocycles. The Hall–Kier alpha value is -1.85. The third kappa shape index (κ3) is 9.44. The summed E-state index contributed by atoms with van der Waals surface area (Å²) in [6, 6.07) is 26.7. The maximum absolute atomic E-state index is 7.19. The fraction of sp³-hybridized carbons (Fsp3) is 0.447. The van der Waals surface area contributed by atoms with Gasteiger partial charge in [-0.1, -0.05) is 67.6 Å². The predicted molar refractivity (Wildman–Crippen MR) is 185 cm³/mol. The number of terminal acetylenes is 1. The van der Waals surface area contributed by atoms with Crippen molar-refractivity contribution in [3.05, 3.63) is 102 Å². The van der Waals surface area contributed by atoms with Gasteiger partial charge >= 0.3 is 0 Å². The Morgan fingerprint density at radius 3 is 1.85 bits per heavy atom. The molecule has 5 atom stereocenters. The van der Waals surface area contributed by atoms with Gasteiger partial charge < -0.3 is 34.9 Å². The number of methoxy groups -OCH3 is 2. The number of hydrogen-bond acceptors (Lipinski definition) is 7. The number of hydrogen-bond donors (Lipinski definition) is 0. The zero-order valence-corrected chi connectivity index (χ0v) is 32.5. The molecule has 47 heavy (non-hydrogen) atoms. The molecule has 251 valence electrons. The summed E-state index contributed by atoms with van der Waals surface area (Å²) in [4.78, 5) is 0. The van der Waals surface area contributed by atoms with Crippen LogP contribution >= 0.6 is 8.53 Å². The number of rotatable bonds is 16. The molecular weight excluding hydrogens is 686 g/mol. The summed E-state index contributed by atoms with van der Waals surface area (Å²) in [5.74, 6) is 4.21. The topological polar surface area (TPSA) is 58.6 Å². The summed E-state index contributed by atoms with van der Waals surface area (Å²) >= 11 is 0. The summed E-state index contributed by atoms with van der Waals surface area (Å²) in [5.41, 5.74) is 1.90. The van der Waals surface area contributed by atoms with Gasteiger partial charge in [0.2, 0.25) is 0 Å². The van der Waals surface area contributed by atoms with E-state index in [1.807, 2.05) is 66.7 Å². The van der Waals surface area contributed by atoms with E-state index in [1.54, 1.807) is 14.2 Å². The molecule has 1 radical (unpaired) electrons. The molecule has 7 nitrogen and oxygen atoms in total. The summed E-state index contributed by atoms with van der Waals surface area (Å²) < 4.78 is 40.2. The van der Waals surface area contributed by atoms with Crippen molar-refractivity contribution in [2.24, 2.45) is 5.92 Å². The van der Waals surface area contributed by atoms with Gasteiger partial charge in [-0.05, 0) is 74.6 Å². The van der Waals surface area contributed by atoms with Crippen LogP contribution in [-0.4, -0.2) is 62.5 Å². The van der Waals surface area contributed by atoms with Gasteiger partial charge in [-0.25, -0.2) is 4.67 Å². The van der Waals surface area contributed by atoms with Crippen molar-refractivity contribution < 1.29 is 60.7 Å². The monoisotopic (exact) mass is 735 g/mol. The number of benzene rings is 3. The quantitative estimate of drug-likeness (QED) is 0.0486. The van der Waals surface area contributed by atoms with E-state index in [9.17, 15) is 0 Å². The van der Waals surface area contributed by atoms with Crippen molar-refractivity contribution in [2.45, 2.75) is 77.0 Å². The van der Waals surface area contributed by atoms with Crippen molar-refractivity contribution in [1.82, 2.24) is 4.67 Å². The zero-order valence-electron chi connectivity index (χ0n) is 28.8. The Balaban J connectivity index is 0.00000600. The smallest absolute Gasteiger partial charge is 0.259 e. The molecule has 0 aromatic heterocycles. The molecule has 9 heteroatoms. The molecule has 1 aliphatic rings. The van der Waals surface area contributed by atoms with E-state index in [4.69, 9.17) is 34.4 Å². The Labute approximate surface area is 308 Å². The van der Waals surface area contributed by atoms with E-state index in [-0.39, 0.29) is 69.5 Å². The molecule has 0 spiro atoms. The average molecular weight is 736 g/mol. The second-order valence-corrected chi connectivity index (χ2v) is 13.5. The standard InChI is InChI=1S/C38H49NO6P.Y/c1-10-11-25-43-46(39(27(2)3)28(4)5)45-37-29(6)30(7)44-36(37)26-42-38(31-15-13-12-14-16-31,32-17-21-34(40-8)22-18-32)33-19-23-35(41-9)24-20-33;/h1,12-24,27-30,36-37H,7,11,25-26H2,2-6,8-9H3;/q-1;. The number of ether oxygens (including phenoxy) is 4. The Morgan fingerprint density at radius 2 is 1.38 bits per heavy atom. The molecular formula is C38H49NO6PY-. The molecule has 1 fully saturated rings. The molecule has 3 aromatic rings. The SMILES string of the molecule is C#CCCOP(OC1C(COC(c2ccccc2)(c2ccc(OC)cc2)c2ccc(OC)cc2)OC([CH2-])C1C)N(C(C)C)C(C)C.[Y]. The average Bonchev–Trinajstić information content (AvgIpc) is 3.33. The molecule has 0 bridgehead atoms. The van der Waals surface area contributed by atoms with Gasteiger partial charge in [-0.3, -0.25) is 0 Å². The summed E-state index contributed by atoms with van der Waals surface area (Å²) in [6.45, 7) is 15.7. The van der Waals surface area contributed by atoms with Crippen LogP contribution in [0.2, 0.25) is 0 Å². The molecule has 1 aliphatic heterocycles. The van der Waals surface area contributed by atoms with Gasteiger partial charge in [-0.2, -0.15) is 0 Å². The van der Waals surface area contributed by atoms with Crippen LogP contribution in [0, 0.1) is 25.2 Å². The van der Waals surface area contributed by atoms with Crippen LogP contribution in [0.3, 0.4) is 0 Å². The second kappa shape index (κ2) is 18.8. The van der Waals surface area contributed by atoms with Crippen molar-refractivity contribution in [3.63, 3.8) is 0 Å². The van der Waals surface area contributed by atoms with Gasteiger partial charge in [-0.15, -0.1) is 12.3 Å². The first-order valence-corrected chi connectivity index (χ1v) is 17.1.